The third kappa shape index (κ3) is 7.57. The Morgan fingerprint density at radius 2 is 1.88 bits per heavy atom. The molecule has 33 heavy (non-hydrogen) atoms. The SMILES string of the molecule is Cc1cc(OCCCC2CCN(c3ncc(Cl)cn3)CC2)cc(C)c1C(=O)NCCC(C)N. The van der Waals surface area contributed by atoms with Crippen LogP contribution < -0.4 is 20.7 Å². The Bertz CT molecular complexity index is 889. The van der Waals surface area contributed by atoms with Gasteiger partial charge in [-0.1, -0.05) is 11.6 Å². The van der Waals surface area contributed by atoms with Gasteiger partial charge in [0, 0.05) is 31.2 Å². The summed E-state index contributed by atoms with van der Waals surface area (Å²) in [6.45, 7) is 9.06. The molecule has 3 rings (SSSR count). The van der Waals surface area contributed by atoms with Gasteiger partial charge in [-0.25, -0.2) is 9.97 Å². The maximum absolute atomic E-state index is 12.5. The number of benzene rings is 1. The highest BCUT2D eigenvalue weighted by Crippen LogP contribution is 2.26. The van der Waals surface area contributed by atoms with Crippen molar-refractivity contribution in [3.8, 4) is 5.75 Å². The van der Waals surface area contributed by atoms with Crippen LogP contribution in [0, 0.1) is 19.8 Å². The van der Waals surface area contributed by atoms with Crippen LogP contribution in [0.4, 0.5) is 5.95 Å². The Labute approximate surface area is 202 Å². The Hall–Kier alpha value is -2.38. The molecule has 8 heteroatoms. The van der Waals surface area contributed by atoms with Crippen molar-refractivity contribution in [1.82, 2.24) is 15.3 Å². The lowest BCUT2D eigenvalue weighted by molar-refractivity contribution is 0.0951. The first-order valence-corrected chi connectivity index (χ1v) is 12.2. The van der Waals surface area contributed by atoms with E-state index in [0.717, 1.165) is 73.6 Å². The van der Waals surface area contributed by atoms with Gasteiger partial charge in [-0.2, -0.15) is 0 Å². The van der Waals surface area contributed by atoms with Crippen LogP contribution in [-0.4, -0.2) is 48.2 Å². The van der Waals surface area contributed by atoms with E-state index in [1.54, 1.807) is 12.4 Å². The number of hydrogen-bond acceptors (Lipinski definition) is 6. The van der Waals surface area contributed by atoms with E-state index in [4.69, 9.17) is 22.1 Å². The molecule has 0 aliphatic carbocycles. The fraction of sp³-hybridized carbons (Fsp3) is 0.560. The van der Waals surface area contributed by atoms with Crippen molar-refractivity contribution in [1.29, 1.82) is 0 Å². The molecule has 1 atom stereocenters. The highest BCUT2D eigenvalue weighted by Gasteiger charge is 2.21. The second-order valence-electron chi connectivity index (χ2n) is 9.08. The Balaban J connectivity index is 1.40. The molecule has 7 nitrogen and oxygen atoms in total. The van der Waals surface area contributed by atoms with Crippen LogP contribution in [0.3, 0.4) is 0 Å². The molecule has 2 heterocycles. The third-order valence-corrected chi connectivity index (χ3v) is 6.34. The topological polar surface area (TPSA) is 93.4 Å². The van der Waals surface area contributed by atoms with Crippen LogP contribution in [0.15, 0.2) is 24.5 Å². The largest absolute Gasteiger partial charge is 0.494 e. The molecule has 0 radical (unpaired) electrons. The van der Waals surface area contributed by atoms with E-state index < -0.39 is 0 Å². The first-order valence-electron chi connectivity index (χ1n) is 11.8. The molecule has 1 aliphatic heterocycles. The summed E-state index contributed by atoms with van der Waals surface area (Å²) < 4.78 is 6.02. The summed E-state index contributed by atoms with van der Waals surface area (Å²) in [7, 11) is 0. The first kappa shape index (κ1) is 25.2. The molecule has 1 aromatic heterocycles. The van der Waals surface area contributed by atoms with Gasteiger partial charge < -0.3 is 20.7 Å². The fourth-order valence-electron chi connectivity index (χ4n) is 4.32. The lowest BCUT2D eigenvalue weighted by atomic mass is 9.92. The Kier molecular flexibility index (Phi) is 9.32. The zero-order chi connectivity index (χ0) is 23.8. The average molecular weight is 474 g/mol. The number of nitrogens with two attached hydrogens (primary N) is 1. The molecule has 1 aromatic carbocycles. The molecule has 3 N–H and O–H groups in total. The van der Waals surface area contributed by atoms with Gasteiger partial charge in [0.15, 0.2) is 0 Å². The fourth-order valence-corrected chi connectivity index (χ4v) is 4.42. The van der Waals surface area contributed by atoms with Crippen molar-refractivity contribution >= 4 is 23.5 Å². The van der Waals surface area contributed by atoms with Crippen molar-refractivity contribution in [2.45, 2.75) is 58.9 Å². The maximum Gasteiger partial charge on any atom is 0.251 e. The number of piperidine rings is 1. The van der Waals surface area contributed by atoms with Crippen molar-refractivity contribution in [2.75, 3.05) is 31.1 Å². The molecule has 1 aliphatic rings. The zero-order valence-electron chi connectivity index (χ0n) is 19.9. The van der Waals surface area contributed by atoms with Crippen molar-refractivity contribution in [3.63, 3.8) is 0 Å². The minimum Gasteiger partial charge on any atom is -0.494 e. The smallest absolute Gasteiger partial charge is 0.251 e. The highest BCUT2D eigenvalue weighted by molar-refractivity contribution is 6.30. The van der Waals surface area contributed by atoms with Gasteiger partial charge in [0.1, 0.15) is 5.75 Å². The third-order valence-electron chi connectivity index (χ3n) is 6.15. The van der Waals surface area contributed by atoms with Gasteiger partial charge in [0.2, 0.25) is 5.95 Å². The van der Waals surface area contributed by atoms with Crippen LogP contribution >= 0.6 is 11.6 Å². The average Bonchev–Trinajstić information content (AvgIpc) is 2.77. The number of aryl methyl sites for hydroxylation is 2. The van der Waals surface area contributed by atoms with Gasteiger partial charge in [-0.15, -0.1) is 0 Å². The summed E-state index contributed by atoms with van der Waals surface area (Å²) in [6, 6.07) is 3.99. The van der Waals surface area contributed by atoms with Gasteiger partial charge in [0.25, 0.3) is 5.91 Å². The van der Waals surface area contributed by atoms with Gasteiger partial charge in [0.05, 0.1) is 24.0 Å². The lowest BCUT2D eigenvalue weighted by Crippen LogP contribution is -2.34. The molecule has 1 amide bonds. The second-order valence-corrected chi connectivity index (χ2v) is 9.51. The molecular weight excluding hydrogens is 438 g/mol. The number of anilines is 1. The van der Waals surface area contributed by atoms with Crippen LogP contribution in [0.5, 0.6) is 5.75 Å². The molecule has 1 fully saturated rings. The van der Waals surface area contributed by atoms with Crippen LogP contribution in [0.1, 0.15) is 60.5 Å². The number of nitrogens with zero attached hydrogens (tertiary/aromatic N) is 3. The summed E-state index contributed by atoms with van der Waals surface area (Å²) in [4.78, 5) is 23.4. The number of carbonyl (C=O) groups is 1. The molecule has 0 bridgehead atoms. The normalized spacial score (nSPS) is 15.4. The number of aromatic nitrogens is 2. The number of nitrogens with one attached hydrogen (secondary N) is 1. The van der Waals surface area contributed by atoms with Crippen molar-refractivity contribution in [2.24, 2.45) is 11.7 Å². The van der Waals surface area contributed by atoms with E-state index in [-0.39, 0.29) is 11.9 Å². The minimum atomic E-state index is -0.0486. The van der Waals surface area contributed by atoms with E-state index in [1.807, 2.05) is 32.9 Å². The van der Waals surface area contributed by atoms with Crippen molar-refractivity contribution < 1.29 is 9.53 Å². The van der Waals surface area contributed by atoms with E-state index in [9.17, 15) is 4.79 Å². The Morgan fingerprint density at radius 1 is 1.24 bits per heavy atom. The lowest BCUT2D eigenvalue weighted by Gasteiger charge is -2.32. The number of amides is 1. The van der Waals surface area contributed by atoms with E-state index in [0.29, 0.717) is 24.1 Å². The molecule has 2 aromatic rings. The minimum absolute atomic E-state index is 0.0486. The quantitative estimate of drug-likeness (QED) is 0.500. The number of rotatable bonds is 10. The van der Waals surface area contributed by atoms with Crippen LogP contribution in [0.25, 0.3) is 0 Å². The van der Waals surface area contributed by atoms with Crippen molar-refractivity contribution in [3.05, 3.63) is 46.2 Å². The van der Waals surface area contributed by atoms with E-state index in [1.165, 1.54) is 0 Å². The Morgan fingerprint density at radius 3 is 2.48 bits per heavy atom. The molecule has 1 unspecified atom stereocenters. The first-order chi connectivity index (χ1) is 15.8. The summed E-state index contributed by atoms with van der Waals surface area (Å²) in [5, 5.41) is 3.52. The number of halogens is 1. The molecule has 0 spiro atoms. The van der Waals surface area contributed by atoms with Gasteiger partial charge >= 0.3 is 0 Å². The zero-order valence-corrected chi connectivity index (χ0v) is 20.7. The van der Waals surface area contributed by atoms with E-state index in [2.05, 4.69) is 20.2 Å². The summed E-state index contributed by atoms with van der Waals surface area (Å²) >= 11 is 5.88. The van der Waals surface area contributed by atoms with Gasteiger partial charge in [-0.05, 0) is 82.1 Å². The van der Waals surface area contributed by atoms with Crippen LogP contribution in [0.2, 0.25) is 5.02 Å². The number of carbonyl (C=O) groups excluding carboxylic acids is 1. The monoisotopic (exact) mass is 473 g/mol. The predicted octanol–water partition coefficient (Wildman–Crippen LogP) is 4.29. The number of ether oxygens (including phenoxy) is 1. The molecule has 1 saturated heterocycles. The second kappa shape index (κ2) is 12.2. The molecular formula is C25H36ClN5O2. The highest BCUT2D eigenvalue weighted by atomic mass is 35.5. The molecule has 0 saturated carbocycles. The maximum atomic E-state index is 12.5. The van der Waals surface area contributed by atoms with E-state index >= 15 is 0 Å². The summed E-state index contributed by atoms with van der Waals surface area (Å²) in [5.41, 5.74) is 8.34. The standard InChI is InChI=1S/C25H36ClN5O2/c1-17-13-22(14-18(2)23(17)24(32)28-9-6-19(3)27)33-12-4-5-20-7-10-31(11-8-20)25-29-15-21(26)16-30-25/h13-16,19-20H,4-12,27H2,1-3H3,(H,28,32). The predicted molar refractivity (Wildman–Crippen MR) is 133 cm³/mol. The summed E-state index contributed by atoms with van der Waals surface area (Å²) in [6.07, 6.45) is 8.50. The molecule has 180 valence electrons. The summed E-state index contributed by atoms with van der Waals surface area (Å²) in [5.74, 6) is 2.24. The number of hydrogen-bond donors (Lipinski definition) is 2. The van der Waals surface area contributed by atoms with Gasteiger partial charge in [-0.3, -0.25) is 4.79 Å². The van der Waals surface area contributed by atoms with Crippen LogP contribution in [-0.2, 0) is 0 Å².